The molecule has 9 heteroatoms. The van der Waals surface area contributed by atoms with Gasteiger partial charge in [-0.3, -0.25) is 9.59 Å². The van der Waals surface area contributed by atoms with Gasteiger partial charge in [-0.1, -0.05) is 342 Å². The second-order valence-corrected chi connectivity index (χ2v) is 27.2. The molecule has 0 N–H and O–H groups in total. The number of carbonyl (C=O) groups excluding carboxylic acids is 3. The van der Waals surface area contributed by atoms with E-state index < -0.39 is 24.3 Å². The summed E-state index contributed by atoms with van der Waals surface area (Å²) in [4.78, 5) is 37.6. The Balaban J connectivity index is 4.13. The summed E-state index contributed by atoms with van der Waals surface area (Å²) in [6.07, 6.45) is 121. The highest BCUT2D eigenvalue weighted by Gasteiger charge is 2.22. The van der Waals surface area contributed by atoms with Crippen molar-refractivity contribution in [2.45, 2.75) is 309 Å². The number of carbonyl (C=O) groups is 3. The van der Waals surface area contributed by atoms with Crippen LogP contribution >= 0.6 is 0 Å². The lowest BCUT2D eigenvalue weighted by Gasteiger charge is -2.26. The van der Waals surface area contributed by atoms with Gasteiger partial charge >= 0.3 is 11.9 Å². The summed E-state index contributed by atoms with van der Waals surface area (Å²) >= 11 is 0. The molecule has 0 aromatic carbocycles. The molecule has 0 radical (unpaired) electrons. The van der Waals surface area contributed by atoms with Crippen LogP contribution in [-0.2, 0) is 33.3 Å². The molecule has 0 bridgehead atoms. The van der Waals surface area contributed by atoms with Crippen molar-refractivity contribution in [2.75, 3.05) is 47.5 Å². The van der Waals surface area contributed by atoms with Crippen LogP contribution in [0.5, 0.6) is 0 Å². The van der Waals surface area contributed by atoms with E-state index in [0.717, 1.165) is 154 Å². The number of quaternary nitrogens is 1. The van der Waals surface area contributed by atoms with Crippen LogP contribution in [0, 0.1) is 0 Å². The lowest BCUT2D eigenvalue weighted by molar-refractivity contribution is -0.870. The van der Waals surface area contributed by atoms with Gasteiger partial charge in [0.05, 0.1) is 40.3 Å². The Bertz CT molecular complexity index is 2420. The number of carboxylic acid groups (broad SMARTS) is 1. The molecule has 0 amide bonds. The van der Waals surface area contributed by atoms with Crippen molar-refractivity contribution in [3.8, 4) is 0 Å². The van der Waals surface area contributed by atoms with E-state index in [1.54, 1.807) is 0 Å². The fraction of sp³-hybridized carbons (Fsp3) is 0.598. The molecule has 101 heavy (non-hydrogen) atoms. The molecular formula is C92H147NO8. The topological polar surface area (TPSA) is 111 Å². The number of ether oxygens (including phenoxy) is 4. The smallest absolute Gasteiger partial charge is 0.306 e. The second kappa shape index (κ2) is 79.6. The summed E-state index contributed by atoms with van der Waals surface area (Å²) in [5.41, 5.74) is 0. The summed E-state index contributed by atoms with van der Waals surface area (Å²) < 4.78 is 22.8. The second-order valence-electron chi connectivity index (χ2n) is 27.2. The lowest BCUT2D eigenvalue weighted by Crippen LogP contribution is -2.44. The van der Waals surface area contributed by atoms with E-state index in [9.17, 15) is 19.5 Å². The fourth-order valence-corrected chi connectivity index (χ4v) is 10.5. The predicted octanol–water partition coefficient (Wildman–Crippen LogP) is 24.9. The third-order valence-corrected chi connectivity index (χ3v) is 16.5. The Morgan fingerprint density at radius 3 is 0.792 bits per heavy atom. The van der Waals surface area contributed by atoms with Crippen LogP contribution in [-0.4, -0.2) is 82.3 Å². The average molecular weight is 1400 g/mol. The van der Waals surface area contributed by atoms with E-state index in [-0.39, 0.29) is 38.6 Å². The molecule has 0 rings (SSSR count). The average Bonchev–Trinajstić information content (AvgIpc) is 1.21. The molecule has 2 unspecified atom stereocenters. The van der Waals surface area contributed by atoms with E-state index in [4.69, 9.17) is 18.9 Å². The maximum atomic E-state index is 13.0. The fourth-order valence-electron chi connectivity index (χ4n) is 10.5. The maximum absolute atomic E-state index is 13.0. The predicted molar refractivity (Wildman–Crippen MR) is 434 cm³/mol. The van der Waals surface area contributed by atoms with Gasteiger partial charge in [0.25, 0.3) is 0 Å². The molecule has 0 aromatic rings. The number of nitrogens with zero attached hydrogens (tertiary/aromatic N) is 1. The maximum Gasteiger partial charge on any atom is 0.306 e. The lowest BCUT2D eigenvalue weighted by atomic mass is 10.0. The molecule has 0 fully saturated rings. The molecule has 568 valence electrons. The first-order chi connectivity index (χ1) is 49.6. The zero-order valence-corrected chi connectivity index (χ0v) is 64.9. The Morgan fingerprint density at radius 2 is 0.535 bits per heavy atom. The summed E-state index contributed by atoms with van der Waals surface area (Å²) in [7, 11) is 5.92. The van der Waals surface area contributed by atoms with Crippen LogP contribution in [0.2, 0.25) is 0 Å². The Hall–Kier alpha value is -6.13. The Kier molecular flexibility index (Phi) is 74.7. The van der Waals surface area contributed by atoms with E-state index in [1.807, 2.05) is 21.1 Å². The highest BCUT2D eigenvalue weighted by atomic mass is 16.7. The third-order valence-electron chi connectivity index (χ3n) is 16.5. The van der Waals surface area contributed by atoms with E-state index in [0.29, 0.717) is 17.4 Å². The quantitative estimate of drug-likeness (QED) is 0.0195. The summed E-state index contributed by atoms with van der Waals surface area (Å²) in [5.74, 6) is -2.30. The summed E-state index contributed by atoms with van der Waals surface area (Å²) in [6, 6.07) is 0. The van der Waals surface area contributed by atoms with Gasteiger partial charge in [-0.15, -0.1) is 0 Å². The first-order valence-electron chi connectivity index (χ1n) is 40.2. The molecule has 0 aliphatic rings. The van der Waals surface area contributed by atoms with Crippen molar-refractivity contribution in [3.05, 3.63) is 207 Å². The molecule has 0 saturated carbocycles. The van der Waals surface area contributed by atoms with Crippen LogP contribution in [0.4, 0.5) is 0 Å². The number of unbranched alkanes of at least 4 members (excludes halogenated alkanes) is 23. The molecule has 0 heterocycles. The first kappa shape index (κ1) is 94.9. The van der Waals surface area contributed by atoms with Gasteiger partial charge in [0.1, 0.15) is 13.2 Å². The van der Waals surface area contributed by atoms with Crippen LogP contribution in [0.1, 0.15) is 296 Å². The van der Waals surface area contributed by atoms with Crippen LogP contribution in [0.3, 0.4) is 0 Å². The van der Waals surface area contributed by atoms with Gasteiger partial charge in [-0.25, -0.2) is 0 Å². The standard InChI is InChI=1S/C92H147NO8/c1-6-8-10-12-14-16-18-20-22-24-26-28-30-32-34-36-38-40-42-43-44-45-46-47-49-51-53-55-57-59-61-63-65-67-69-71-73-75-77-79-81-83-90(95)101-88(87-100-92(91(96)97)98-85-84-93(3,4)5)86-99-89(94)82-80-78-76-74-72-70-68-66-64-62-60-58-56-54-52-50-48-41-39-37-35-33-31-29-27-25-23-21-19-17-15-13-11-9-7-2/h8-11,14-17,20-23,26-29,32-35,38-41,43-44,46-47,50-53,57,59,88,92H,6-7,12-13,18-19,24-25,30-31,36-37,42,45,48-49,54-56,58,60-87H2,1-5H3/b10-8-,11-9-,16-14-,17-15-,22-20-,23-21-,28-26-,29-27-,34-32-,35-33-,40-38-,41-39-,44-43-,47-46-,52-50-,53-51-,59-57-. The number of hydrogen-bond acceptors (Lipinski definition) is 8. The minimum atomic E-state index is -1.64. The third kappa shape index (κ3) is 81.0. The minimum Gasteiger partial charge on any atom is -0.545 e. The molecule has 0 saturated heterocycles. The number of esters is 2. The molecular weight excluding hydrogens is 1250 g/mol. The highest BCUT2D eigenvalue weighted by molar-refractivity contribution is 5.70. The van der Waals surface area contributed by atoms with Crippen LogP contribution < -0.4 is 5.11 Å². The Morgan fingerprint density at radius 1 is 0.297 bits per heavy atom. The molecule has 0 aliphatic carbocycles. The molecule has 0 spiro atoms. The van der Waals surface area contributed by atoms with E-state index in [2.05, 4.69) is 220 Å². The van der Waals surface area contributed by atoms with Crippen molar-refractivity contribution in [3.63, 3.8) is 0 Å². The van der Waals surface area contributed by atoms with Crippen molar-refractivity contribution >= 4 is 17.9 Å². The van der Waals surface area contributed by atoms with Crippen molar-refractivity contribution in [2.24, 2.45) is 0 Å². The minimum absolute atomic E-state index is 0.137. The highest BCUT2D eigenvalue weighted by Crippen LogP contribution is 2.17. The normalized spacial score (nSPS) is 13.8. The number of rotatable bonds is 72. The zero-order valence-electron chi connectivity index (χ0n) is 64.9. The van der Waals surface area contributed by atoms with Gasteiger partial charge in [0.2, 0.25) is 0 Å². The van der Waals surface area contributed by atoms with Crippen LogP contribution in [0.25, 0.3) is 0 Å². The van der Waals surface area contributed by atoms with Crippen molar-refractivity contribution in [1.82, 2.24) is 0 Å². The SMILES string of the molecule is CC/C=C\C/C=C\C/C=C\C/C=C\C/C=C\C/C=C\C/C=C\C/C=C\C/C=C\C/C=C\CCCCCCCCCCCCC(=O)OC(COC(=O)CCCCCCCCCCCCCCC/C=C\C/C=C\C/C=C\C/C=C\C/C=C\C/C=C\C/C=C\CC)COC(OCC[N+](C)(C)C)C(=O)[O-]. The van der Waals surface area contributed by atoms with E-state index >= 15 is 0 Å². The number of aliphatic carboxylic acids is 1. The van der Waals surface area contributed by atoms with Gasteiger partial charge < -0.3 is 33.3 Å². The summed E-state index contributed by atoms with van der Waals surface area (Å²) in [5, 5.41) is 11.9. The number of allylic oxidation sites excluding steroid dienone is 34. The zero-order chi connectivity index (χ0) is 73.2. The number of carboxylic acids is 1. The molecule has 9 nitrogen and oxygen atoms in total. The van der Waals surface area contributed by atoms with Gasteiger partial charge in [-0.2, -0.15) is 0 Å². The summed E-state index contributed by atoms with van der Waals surface area (Å²) in [6.45, 7) is 4.51. The van der Waals surface area contributed by atoms with Crippen LogP contribution in [0.15, 0.2) is 207 Å². The molecule has 0 aromatic heterocycles. The Labute approximate surface area is 620 Å². The van der Waals surface area contributed by atoms with Gasteiger partial charge in [-0.05, 0) is 148 Å². The van der Waals surface area contributed by atoms with Gasteiger partial charge in [0, 0.05) is 12.8 Å². The van der Waals surface area contributed by atoms with Crippen molar-refractivity contribution < 1.29 is 42.9 Å². The number of likely N-dealkylation sites (N-methyl/N-ethyl adjacent to an activating group) is 1. The van der Waals surface area contributed by atoms with Crippen molar-refractivity contribution in [1.29, 1.82) is 0 Å². The first-order valence-corrected chi connectivity index (χ1v) is 40.2. The largest absolute Gasteiger partial charge is 0.545 e. The molecule has 2 atom stereocenters. The monoisotopic (exact) mass is 1390 g/mol. The molecule has 0 aliphatic heterocycles. The van der Waals surface area contributed by atoms with Gasteiger partial charge in [0.15, 0.2) is 12.4 Å². The van der Waals surface area contributed by atoms with E-state index in [1.165, 1.54) is 109 Å². The number of hydrogen-bond donors (Lipinski definition) is 0.